The Morgan fingerprint density at radius 3 is 1.68 bits per heavy atom. The van der Waals surface area contributed by atoms with Gasteiger partial charge in [0.05, 0.1) is 14.2 Å². The fraction of sp³-hybridized carbons (Fsp3) is 0.261. The number of rotatable bonds is 7. The minimum Gasteiger partial charge on any atom is -0.497 e. The Balaban J connectivity index is 1.92. The molecule has 0 unspecified atom stereocenters. The highest BCUT2D eigenvalue weighted by Crippen LogP contribution is 2.26. The van der Waals surface area contributed by atoms with Crippen LogP contribution in [0.3, 0.4) is 0 Å². The fourth-order valence-corrected chi connectivity index (χ4v) is 3.46. The van der Waals surface area contributed by atoms with Crippen molar-refractivity contribution in [1.29, 1.82) is 0 Å². The molecule has 0 aliphatic carbocycles. The van der Waals surface area contributed by atoms with E-state index in [-0.39, 0.29) is 0 Å². The Morgan fingerprint density at radius 1 is 0.821 bits per heavy atom. The topological polar surface area (TPSA) is 34.6 Å². The summed E-state index contributed by atoms with van der Waals surface area (Å²) in [6.45, 7) is 5.69. The normalized spacial score (nSPS) is 10.6. The predicted molar refractivity (Wildman–Crippen MR) is 117 cm³/mol. The maximum atomic E-state index is 5.28. The minimum absolute atomic E-state index is 0.748. The molecule has 0 aliphatic rings. The van der Waals surface area contributed by atoms with Crippen molar-refractivity contribution in [2.75, 3.05) is 19.1 Å². The van der Waals surface area contributed by atoms with Crippen LogP contribution in [-0.4, -0.2) is 19.2 Å². The fourth-order valence-electron chi connectivity index (χ4n) is 2.96. The first kappa shape index (κ1) is 20.2. The van der Waals surface area contributed by atoms with E-state index in [1.54, 1.807) is 14.2 Å². The molecule has 0 amide bonds. The molecular weight excluding hydrogens is 416 g/mol. The number of methoxy groups -OCH3 is 2. The number of hydrogen-bond acceptors (Lipinski definition) is 4. The van der Waals surface area contributed by atoms with Crippen LogP contribution in [0, 0.1) is 13.8 Å². The van der Waals surface area contributed by atoms with Crippen molar-refractivity contribution in [3.05, 3.63) is 81.5 Å². The highest BCUT2D eigenvalue weighted by molar-refractivity contribution is 9.10. The van der Waals surface area contributed by atoms with Crippen molar-refractivity contribution < 1.29 is 9.47 Å². The van der Waals surface area contributed by atoms with E-state index in [0.717, 1.165) is 40.6 Å². The van der Waals surface area contributed by atoms with Gasteiger partial charge >= 0.3 is 0 Å². The second-order valence-corrected chi connectivity index (χ2v) is 7.52. The largest absolute Gasteiger partial charge is 0.497 e. The molecule has 0 N–H and O–H groups in total. The lowest BCUT2D eigenvalue weighted by atomic mass is 10.1. The van der Waals surface area contributed by atoms with Crippen LogP contribution in [0.25, 0.3) is 0 Å². The molecule has 0 saturated heterocycles. The molecule has 0 aliphatic heterocycles. The number of pyridine rings is 1. The second-order valence-electron chi connectivity index (χ2n) is 6.77. The molecule has 0 saturated carbocycles. The molecule has 1 heterocycles. The molecule has 5 heteroatoms. The predicted octanol–water partition coefficient (Wildman–Crippen LogP) is 5.68. The molecule has 0 fully saturated rings. The quantitative estimate of drug-likeness (QED) is 0.442. The van der Waals surface area contributed by atoms with Crippen LogP contribution in [0.5, 0.6) is 11.5 Å². The maximum absolute atomic E-state index is 5.28. The summed E-state index contributed by atoms with van der Waals surface area (Å²) in [6.07, 6.45) is 0. The van der Waals surface area contributed by atoms with Crippen LogP contribution in [0.15, 0.2) is 59.2 Å². The van der Waals surface area contributed by atoms with Crippen LogP contribution in [0.1, 0.15) is 22.3 Å². The van der Waals surface area contributed by atoms with Gasteiger partial charge in [0.2, 0.25) is 0 Å². The Morgan fingerprint density at radius 2 is 1.29 bits per heavy atom. The summed E-state index contributed by atoms with van der Waals surface area (Å²) in [5, 5.41) is 0. The Bertz CT molecular complexity index is 852. The second kappa shape index (κ2) is 9.11. The zero-order valence-electron chi connectivity index (χ0n) is 16.7. The lowest BCUT2D eigenvalue weighted by Crippen LogP contribution is -2.23. The highest BCUT2D eigenvalue weighted by Gasteiger charge is 2.13. The molecule has 146 valence electrons. The number of ether oxygens (including phenoxy) is 2. The summed E-state index contributed by atoms with van der Waals surface area (Å²) < 4.78 is 11.4. The molecule has 1 aromatic heterocycles. The number of aromatic nitrogens is 1. The number of nitrogens with zero attached hydrogens (tertiary/aromatic N) is 2. The van der Waals surface area contributed by atoms with Crippen LogP contribution in [0.2, 0.25) is 0 Å². The van der Waals surface area contributed by atoms with Gasteiger partial charge in [-0.2, -0.15) is 0 Å². The van der Waals surface area contributed by atoms with Gasteiger partial charge in [-0.1, -0.05) is 24.3 Å². The standard InChI is InChI=1S/C23H25BrN2O2/c1-16-13-22(25-23(24)17(16)2)26(14-18-5-9-20(27-3)10-6-18)15-19-7-11-21(28-4)12-8-19/h5-13H,14-15H2,1-4H3. The number of halogens is 1. The van der Waals surface area contributed by atoms with Gasteiger partial charge in [0.25, 0.3) is 0 Å². The molecule has 28 heavy (non-hydrogen) atoms. The molecule has 3 aromatic rings. The van der Waals surface area contributed by atoms with Gasteiger partial charge in [0.15, 0.2) is 0 Å². The van der Waals surface area contributed by atoms with Crippen LogP contribution in [-0.2, 0) is 13.1 Å². The maximum Gasteiger partial charge on any atom is 0.130 e. The summed E-state index contributed by atoms with van der Waals surface area (Å²) in [5.74, 6) is 2.66. The first-order valence-corrected chi connectivity index (χ1v) is 9.94. The summed E-state index contributed by atoms with van der Waals surface area (Å²) in [4.78, 5) is 7.07. The van der Waals surface area contributed by atoms with Crippen molar-refractivity contribution in [3.63, 3.8) is 0 Å². The molecular formula is C23H25BrN2O2. The van der Waals surface area contributed by atoms with Gasteiger partial charge in [-0.3, -0.25) is 0 Å². The van der Waals surface area contributed by atoms with E-state index < -0.39 is 0 Å². The summed E-state index contributed by atoms with van der Waals surface area (Å²) in [6, 6.07) is 18.5. The Hall–Kier alpha value is -2.53. The van der Waals surface area contributed by atoms with Crippen molar-refractivity contribution >= 4 is 21.7 Å². The van der Waals surface area contributed by atoms with E-state index in [4.69, 9.17) is 14.5 Å². The van der Waals surface area contributed by atoms with Crippen molar-refractivity contribution in [2.45, 2.75) is 26.9 Å². The van der Waals surface area contributed by atoms with Gasteiger partial charge in [0, 0.05) is 13.1 Å². The third-order valence-corrected chi connectivity index (χ3v) is 5.62. The van der Waals surface area contributed by atoms with E-state index >= 15 is 0 Å². The zero-order valence-corrected chi connectivity index (χ0v) is 18.3. The lowest BCUT2D eigenvalue weighted by Gasteiger charge is -2.25. The van der Waals surface area contributed by atoms with Gasteiger partial charge in [-0.15, -0.1) is 0 Å². The average molecular weight is 441 g/mol. The Kier molecular flexibility index (Phi) is 6.57. The molecule has 0 spiro atoms. The van der Waals surface area contributed by atoms with E-state index in [9.17, 15) is 0 Å². The van der Waals surface area contributed by atoms with E-state index in [0.29, 0.717) is 0 Å². The zero-order chi connectivity index (χ0) is 20.1. The monoisotopic (exact) mass is 440 g/mol. The SMILES string of the molecule is COc1ccc(CN(Cc2ccc(OC)cc2)c2cc(C)c(C)c(Br)n2)cc1. The molecule has 2 aromatic carbocycles. The number of anilines is 1. The summed E-state index contributed by atoms with van der Waals surface area (Å²) in [7, 11) is 3.36. The molecule has 4 nitrogen and oxygen atoms in total. The van der Waals surface area contributed by atoms with Crippen LogP contribution >= 0.6 is 15.9 Å². The first-order chi connectivity index (χ1) is 13.5. The number of aryl methyl sites for hydroxylation is 1. The van der Waals surface area contributed by atoms with Gasteiger partial charge in [0.1, 0.15) is 21.9 Å². The van der Waals surface area contributed by atoms with E-state index in [1.807, 2.05) is 24.3 Å². The lowest BCUT2D eigenvalue weighted by molar-refractivity contribution is 0.414. The summed E-state index contributed by atoms with van der Waals surface area (Å²) >= 11 is 3.60. The van der Waals surface area contributed by atoms with Crippen molar-refractivity contribution in [2.24, 2.45) is 0 Å². The first-order valence-electron chi connectivity index (χ1n) is 9.14. The Labute approximate surface area is 175 Å². The third-order valence-electron chi connectivity index (χ3n) is 4.85. The average Bonchev–Trinajstić information content (AvgIpc) is 2.72. The number of hydrogen-bond donors (Lipinski definition) is 0. The van der Waals surface area contributed by atoms with Crippen molar-refractivity contribution in [3.8, 4) is 11.5 Å². The van der Waals surface area contributed by atoms with Crippen LogP contribution in [0.4, 0.5) is 5.82 Å². The van der Waals surface area contributed by atoms with E-state index in [1.165, 1.54) is 16.7 Å². The molecule has 0 atom stereocenters. The van der Waals surface area contributed by atoms with Gasteiger partial charge < -0.3 is 14.4 Å². The molecule has 0 radical (unpaired) electrons. The summed E-state index contributed by atoms with van der Waals surface area (Å²) in [5.41, 5.74) is 4.78. The highest BCUT2D eigenvalue weighted by atomic mass is 79.9. The molecule has 0 bridgehead atoms. The van der Waals surface area contributed by atoms with Crippen molar-refractivity contribution in [1.82, 2.24) is 4.98 Å². The smallest absolute Gasteiger partial charge is 0.130 e. The van der Waals surface area contributed by atoms with Crippen LogP contribution < -0.4 is 14.4 Å². The molecule has 3 rings (SSSR count). The van der Waals surface area contributed by atoms with E-state index in [2.05, 4.69) is 65.0 Å². The number of benzene rings is 2. The van der Waals surface area contributed by atoms with Gasteiger partial charge in [-0.25, -0.2) is 4.98 Å². The third kappa shape index (κ3) is 4.84. The minimum atomic E-state index is 0.748. The van der Waals surface area contributed by atoms with Gasteiger partial charge in [-0.05, 0) is 82.4 Å².